The number of para-hydroxylation sites is 1. The molecule has 17 heavy (non-hydrogen) atoms. The predicted octanol–water partition coefficient (Wildman–Crippen LogP) is 2.36. The fourth-order valence-electron chi connectivity index (χ4n) is 1.83. The summed E-state index contributed by atoms with van der Waals surface area (Å²) in [5.41, 5.74) is 0.483. The molecule has 1 aromatic heterocycles. The van der Waals surface area contributed by atoms with E-state index in [1.54, 1.807) is 24.3 Å². The lowest BCUT2D eigenvalue weighted by atomic mass is 10.1. The lowest BCUT2D eigenvalue weighted by molar-refractivity contribution is 0.404. The summed E-state index contributed by atoms with van der Waals surface area (Å²) in [5, 5.41) is 19.4. The summed E-state index contributed by atoms with van der Waals surface area (Å²) in [6, 6.07) is 9.29. The zero-order valence-electron chi connectivity index (χ0n) is 8.68. The van der Waals surface area contributed by atoms with Crippen LogP contribution in [0.2, 0.25) is 0 Å². The zero-order chi connectivity index (χ0) is 12.0. The molecular weight excluding hydrogens is 220 g/mol. The number of aromatic hydroxyl groups is 2. The van der Waals surface area contributed by atoms with Crippen LogP contribution < -0.4 is 5.43 Å². The third-order valence-corrected chi connectivity index (χ3v) is 2.67. The third-order valence-electron chi connectivity index (χ3n) is 2.67. The van der Waals surface area contributed by atoms with Gasteiger partial charge in [-0.15, -0.1) is 0 Å². The second kappa shape index (κ2) is 3.25. The zero-order valence-corrected chi connectivity index (χ0v) is 8.68. The molecule has 0 spiro atoms. The predicted molar refractivity (Wildman–Crippen MR) is 63.3 cm³/mol. The van der Waals surface area contributed by atoms with Crippen molar-refractivity contribution >= 4 is 21.9 Å². The van der Waals surface area contributed by atoms with Gasteiger partial charge in [-0.1, -0.05) is 12.1 Å². The number of phenolic OH excluding ortho intramolecular Hbond substituents is 2. The van der Waals surface area contributed by atoms with Crippen LogP contribution in [0.25, 0.3) is 21.9 Å². The summed E-state index contributed by atoms with van der Waals surface area (Å²) >= 11 is 0. The quantitative estimate of drug-likeness (QED) is 0.457. The van der Waals surface area contributed by atoms with Crippen LogP contribution >= 0.6 is 0 Å². The van der Waals surface area contributed by atoms with Crippen molar-refractivity contribution in [1.29, 1.82) is 0 Å². The Morgan fingerprint density at radius 2 is 1.59 bits per heavy atom. The molecule has 4 heteroatoms. The van der Waals surface area contributed by atoms with Crippen LogP contribution in [0.15, 0.2) is 45.6 Å². The Bertz CT molecular complexity index is 786. The number of hydrogen-bond donors (Lipinski definition) is 2. The third kappa shape index (κ3) is 1.34. The van der Waals surface area contributed by atoms with Crippen molar-refractivity contribution < 1.29 is 14.6 Å². The summed E-state index contributed by atoms with van der Waals surface area (Å²) in [6.45, 7) is 0. The molecule has 0 unspecified atom stereocenters. The van der Waals surface area contributed by atoms with Crippen LogP contribution in [-0.2, 0) is 0 Å². The van der Waals surface area contributed by atoms with E-state index < -0.39 is 0 Å². The largest absolute Gasteiger partial charge is 0.504 e. The molecule has 0 saturated heterocycles. The van der Waals surface area contributed by atoms with Gasteiger partial charge < -0.3 is 14.6 Å². The van der Waals surface area contributed by atoms with E-state index in [4.69, 9.17) is 4.42 Å². The van der Waals surface area contributed by atoms with Crippen LogP contribution in [0, 0.1) is 0 Å². The van der Waals surface area contributed by atoms with E-state index in [0.29, 0.717) is 11.0 Å². The Morgan fingerprint density at radius 3 is 2.41 bits per heavy atom. The van der Waals surface area contributed by atoms with E-state index in [1.165, 1.54) is 12.1 Å². The van der Waals surface area contributed by atoms with Gasteiger partial charge in [0.2, 0.25) is 5.43 Å². The van der Waals surface area contributed by atoms with Crippen molar-refractivity contribution in [3.05, 3.63) is 46.6 Å². The van der Waals surface area contributed by atoms with Gasteiger partial charge in [0.05, 0.1) is 10.8 Å². The molecule has 0 atom stereocenters. The molecule has 3 aromatic rings. The molecule has 84 valence electrons. The van der Waals surface area contributed by atoms with E-state index in [9.17, 15) is 15.0 Å². The summed E-state index contributed by atoms with van der Waals surface area (Å²) in [4.78, 5) is 12.1. The minimum atomic E-state index is -0.333. The molecule has 0 aliphatic carbocycles. The molecule has 0 saturated carbocycles. The maximum Gasteiger partial charge on any atom is 0.200 e. The summed E-state index contributed by atoms with van der Waals surface area (Å²) in [6.07, 6.45) is 0. The van der Waals surface area contributed by atoms with Crippen LogP contribution in [0.3, 0.4) is 0 Å². The highest BCUT2D eigenvalue weighted by Crippen LogP contribution is 2.30. The topological polar surface area (TPSA) is 70.7 Å². The summed E-state index contributed by atoms with van der Waals surface area (Å²) in [5.74, 6) is -0.643. The van der Waals surface area contributed by atoms with Gasteiger partial charge >= 0.3 is 0 Å². The molecule has 4 nitrogen and oxygen atoms in total. The minimum Gasteiger partial charge on any atom is -0.504 e. The highest BCUT2D eigenvalue weighted by Gasteiger charge is 2.10. The van der Waals surface area contributed by atoms with Gasteiger partial charge in [-0.2, -0.15) is 0 Å². The summed E-state index contributed by atoms with van der Waals surface area (Å²) in [7, 11) is 0. The number of rotatable bonds is 0. The van der Waals surface area contributed by atoms with Crippen molar-refractivity contribution in [2.45, 2.75) is 0 Å². The highest BCUT2D eigenvalue weighted by molar-refractivity contribution is 5.91. The van der Waals surface area contributed by atoms with Gasteiger partial charge in [-0.3, -0.25) is 4.79 Å². The van der Waals surface area contributed by atoms with E-state index >= 15 is 0 Å². The second-order valence-electron chi connectivity index (χ2n) is 3.76. The van der Waals surface area contributed by atoms with Crippen LogP contribution in [0.4, 0.5) is 0 Å². The SMILES string of the molecule is O=c1c2ccccc2oc2cc(O)c(O)cc12. The standard InChI is InChI=1S/C13H8O4/c14-9-5-8-12(6-10(9)15)17-11-4-2-1-3-7(11)13(8)16/h1-6,14-15H. The van der Waals surface area contributed by atoms with Crippen molar-refractivity contribution in [2.24, 2.45) is 0 Å². The summed E-state index contributed by atoms with van der Waals surface area (Å²) < 4.78 is 5.49. The Kier molecular flexibility index (Phi) is 1.86. The van der Waals surface area contributed by atoms with Crippen LogP contribution in [0.5, 0.6) is 11.5 Å². The van der Waals surface area contributed by atoms with Gasteiger partial charge in [-0.25, -0.2) is 0 Å². The van der Waals surface area contributed by atoms with Gasteiger partial charge in [0.15, 0.2) is 11.5 Å². The smallest absolute Gasteiger partial charge is 0.200 e. The fraction of sp³-hybridized carbons (Fsp3) is 0. The van der Waals surface area contributed by atoms with Crippen LogP contribution in [0.1, 0.15) is 0 Å². The Morgan fingerprint density at radius 1 is 0.882 bits per heavy atom. The second-order valence-corrected chi connectivity index (χ2v) is 3.76. The number of hydrogen-bond acceptors (Lipinski definition) is 4. The molecule has 0 radical (unpaired) electrons. The molecular formula is C13H8O4. The maximum atomic E-state index is 12.1. The van der Waals surface area contributed by atoms with Gasteiger partial charge in [0, 0.05) is 6.07 Å². The molecule has 2 N–H and O–H groups in total. The lowest BCUT2D eigenvalue weighted by Crippen LogP contribution is -2.01. The molecule has 0 aliphatic rings. The van der Waals surface area contributed by atoms with Crippen molar-refractivity contribution in [3.63, 3.8) is 0 Å². The molecule has 2 aromatic carbocycles. The van der Waals surface area contributed by atoms with Crippen molar-refractivity contribution in [1.82, 2.24) is 0 Å². The number of fused-ring (bicyclic) bond motifs is 2. The normalized spacial score (nSPS) is 11.1. The first-order valence-electron chi connectivity index (χ1n) is 5.04. The van der Waals surface area contributed by atoms with Crippen LogP contribution in [-0.4, -0.2) is 10.2 Å². The molecule has 0 amide bonds. The average Bonchev–Trinajstić information content (AvgIpc) is 2.32. The molecule has 0 aliphatic heterocycles. The van der Waals surface area contributed by atoms with Crippen molar-refractivity contribution in [2.75, 3.05) is 0 Å². The van der Waals surface area contributed by atoms with E-state index in [2.05, 4.69) is 0 Å². The average molecular weight is 228 g/mol. The van der Waals surface area contributed by atoms with Gasteiger partial charge in [-0.05, 0) is 18.2 Å². The monoisotopic (exact) mass is 228 g/mol. The maximum absolute atomic E-state index is 12.1. The van der Waals surface area contributed by atoms with E-state index in [-0.39, 0.29) is 27.9 Å². The molecule has 0 bridgehead atoms. The first-order valence-corrected chi connectivity index (χ1v) is 5.04. The molecule has 3 rings (SSSR count). The number of phenols is 2. The lowest BCUT2D eigenvalue weighted by Gasteiger charge is -2.02. The number of benzene rings is 2. The molecule has 1 heterocycles. The fourth-order valence-corrected chi connectivity index (χ4v) is 1.83. The van der Waals surface area contributed by atoms with Gasteiger partial charge in [0.1, 0.15) is 11.2 Å². The Hall–Kier alpha value is -2.49. The van der Waals surface area contributed by atoms with E-state index in [1.807, 2.05) is 0 Å². The van der Waals surface area contributed by atoms with Crippen molar-refractivity contribution in [3.8, 4) is 11.5 Å². The van der Waals surface area contributed by atoms with Gasteiger partial charge in [0.25, 0.3) is 0 Å². The first-order chi connectivity index (χ1) is 8.16. The molecule has 0 fully saturated rings. The highest BCUT2D eigenvalue weighted by atomic mass is 16.3. The first kappa shape index (κ1) is 9.72. The Balaban J connectivity index is 2.60. The minimum absolute atomic E-state index is 0.225. The van der Waals surface area contributed by atoms with E-state index in [0.717, 1.165) is 0 Å². The Labute approximate surface area is 95.3 Å².